The van der Waals surface area contributed by atoms with Crippen molar-refractivity contribution in [3.05, 3.63) is 47.7 Å². The summed E-state index contributed by atoms with van der Waals surface area (Å²) >= 11 is 0. The Labute approximate surface area is 162 Å². The number of pyridine rings is 1. The van der Waals surface area contributed by atoms with E-state index < -0.39 is 0 Å². The van der Waals surface area contributed by atoms with E-state index in [9.17, 15) is 4.79 Å². The molecule has 1 aliphatic rings. The van der Waals surface area contributed by atoms with Crippen LogP contribution in [0.2, 0.25) is 0 Å². The normalized spacial score (nSPS) is 14.9. The lowest BCUT2D eigenvalue weighted by Gasteiger charge is -2.09. The summed E-state index contributed by atoms with van der Waals surface area (Å²) in [6.45, 7) is 4.57. The van der Waals surface area contributed by atoms with Crippen molar-refractivity contribution in [3.8, 4) is 11.5 Å². The van der Waals surface area contributed by atoms with Crippen molar-refractivity contribution in [1.29, 1.82) is 0 Å². The third-order valence-electron chi connectivity index (χ3n) is 4.64. The van der Waals surface area contributed by atoms with Gasteiger partial charge in [-0.15, -0.1) is 0 Å². The maximum atomic E-state index is 12.3. The van der Waals surface area contributed by atoms with Gasteiger partial charge in [0.05, 0.1) is 11.4 Å². The van der Waals surface area contributed by atoms with E-state index in [0.29, 0.717) is 30.3 Å². The predicted octanol–water partition coefficient (Wildman–Crippen LogP) is 1.63. The lowest BCUT2D eigenvalue weighted by molar-refractivity contribution is -0.121. The Morgan fingerprint density at radius 2 is 2.36 bits per heavy atom. The highest BCUT2D eigenvalue weighted by Crippen LogP contribution is 2.16. The van der Waals surface area contributed by atoms with Gasteiger partial charge in [0, 0.05) is 32.1 Å². The SMILES string of the molecule is C[C@@H](NC(=O)CCc1cc2n(n1)CCCNC2)c1nc(-c2ccccn2)no1. The van der Waals surface area contributed by atoms with Crippen molar-refractivity contribution in [2.24, 2.45) is 0 Å². The van der Waals surface area contributed by atoms with Crippen LogP contribution in [0.15, 0.2) is 35.0 Å². The second-order valence-electron chi connectivity index (χ2n) is 6.84. The highest BCUT2D eigenvalue weighted by Gasteiger charge is 2.18. The highest BCUT2D eigenvalue weighted by atomic mass is 16.5. The smallest absolute Gasteiger partial charge is 0.249 e. The van der Waals surface area contributed by atoms with E-state index in [1.165, 1.54) is 5.69 Å². The molecular weight excluding hydrogens is 358 g/mol. The maximum absolute atomic E-state index is 12.3. The van der Waals surface area contributed by atoms with Gasteiger partial charge in [-0.2, -0.15) is 10.1 Å². The van der Waals surface area contributed by atoms with E-state index in [4.69, 9.17) is 4.52 Å². The van der Waals surface area contributed by atoms with Crippen LogP contribution in [-0.2, 0) is 24.3 Å². The average molecular weight is 381 g/mol. The number of rotatable bonds is 6. The Morgan fingerprint density at radius 3 is 3.21 bits per heavy atom. The molecule has 1 amide bonds. The molecule has 1 aliphatic heterocycles. The summed E-state index contributed by atoms with van der Waals surface area (Å²) in [5.41, 5.74) is 2.75. The van der Waals surface area contributed by atoms with E-state index >= 15 is 0 Å². The molecule has 0 radical (unpaired) electrons. The fourth-order valence-electron chi connectivity index (χ4n) is 3.17. The first-order valence-electron chi connectivity index (χ1n) is 9.50. The fraction of sp³-hybridized carbons (Fsp3) is 0.421. The summed E-state index contributed by atoms with van der Waals surface area (Å²) in [7, 11) is 0. The average Bonchev–Trinajstić information content (AvgIpc) is 3.30. The Kier molecular flexibility index (Phi) is 5.43. The van der Waals surface area contributed by atoms with Crippen molar-refractivity contribution in [2.45, 2.75) is 45.3 Å². The van der Waals surface area contributed by atoms with Crippen LogP contribution in [0, 0.1) is 0 Å². The molecule has 9 nitrogen and oxygen atoms in total. The number of aromatic nitrogens is 5. The van der Waals surface area contributed by atoms with Gasteiger partial charge in [-0.05, 0) is 38.1 Å². The van der Waals surface area contributed by atoms with Crippen molar-refractivity contribution in [3.63, 3.8) is 0 Å². The zero-order chi connectivity index (χ0) is 19.3. The largest absolute Gasteiger partial charge is 0.345 e. The third-order valence-corrected chi connectivity index (χ3v) is 4.64. The first kappa shape index (κ1) is 18.3. The lowest BCUT2D eigenvalue weighted by atomic mass is 10.2. The number of fused-ring (bicyclic) bond motifs is 1. The summed E-state index contributed by atoms with van der Waals surface area (Å²) in [4.78, 5) is 20.8. The molecule has 3 aromatic rings. The molecule has 0 unspecified atom stereocenters. The van der Waals surface area contributed by atoms with E-state index in [1.807, 2.05) is 23.7 Å². The topological polar surface area (TPSA) is 111 Å². The monoisotopic (exact) mass is 381 g/mol. The number of hydrogen-bond acceptors (Lipinski definition) is 7. The fourth-order valence-corrected chi connectivity index (χ4v) is 3.17. The van der Waals surface area contributed by atoms with Crippen LogP contribution in [0.25, 0.3) is 11.5 Å². The zero-order valence-electron chi connectivity index (χ0n) is 15.8. The quantitative estimate of drug-likeness (QED) is 0.667. The molecule has 3 aromatic heterocycles. The number of aryl methyl sites for hydroxylation is 2. The van der Waals surface area contributed by atoms with Crippen LogP contribution in [-0.4, -0.2) is 37.4 Å². The van der Waals surface area contributed by atoms with Crippen molar-refractivity contribution in [1.82, 2.24) is 35.5 Å². The van der Waals surface area contributed by atoms with Crippen LogP contribution in [0.1, 0.15) is 43.1 Å². The van der Waals surface area contributed by atoms with Gasteiger partial charge >= 0.3 is 0 Å². The Balaban J connectivity index is 1.31. The zero-order valence-corrected chi connectivity index (χ0v) is 15.8. The first-order chi connectivity index (χ1) is 13.7. The summed E-state index contributed by atoms with van der Waals surface area (Å²) in [6.07, 6.45) is 3.69. The van der Waals surface area contributed by atoms with E-state index in [-0.39, 0.29) is 11.9 Å². The number of amides is 1. The van der Waals surface area contributed by atoms with E-state index in [2.05, 4.69) is 36.9 Å². The van der Waals surface area contributed by atoms with Gasteiger partial charge in [0.2, 0.25) is 17.6 Å². The standard InChI is InChI=1S/C19H23N7O2/c1-13(19-23-18(25-28-19)16-5-2-3-9-21-16)22-17(27)7-6-14-11-15-12-20-8-4-10-26(15)24-14/h2-3,5,9,11,13,20H,4,6-8,10,12H2,1H3,(H,22,27)/t13-/m1/s1. The molecule has 4 heterocycles. The van der Waals surface area contributed by atoms with Crippen LogP contribution in [0.3, 0.4) is 0 Å². The van der Waals surface area contributed by atoms with Crippen LogP contribution in [0.5, 0.6) is 0 Å². The van der Waals surface area contributed by atoms with Crippen LogP contribution in [0.4, 0.5) is 0 Å². The van der Waals surface area contributed by atoms with E-state index in [1.54, 1.807) is 12.3 Å². The molecule has 0 aliphatic carbocycles. The Hall–Kier alpha value is -3.07. The van der Waals surface area contributed by atoms with Gasteiger partial charge in [-0.25, -0.2) is 0 Å². The van der Waals surface area contributed by atoms with Gasteiger partial charge in [-0.3, -0.25) is 14.5 Å². The van der Waals surface area contributed by atoms with Crippen LogP contribution < -0.4 is 10.6 Å². The summed E-state index contributed by atoms with van der Waals surface area (Å²) in [5, 5.41) is 14.8. The number of nitrogens with zero attached hydrogens (tertiary/aromatic N) is 5. The predicted molar refractivity (Wildman–Crippen MR) is 101 cm³/mol. The van der Waals surface area contributed by atoms with Crippen molar-refractivity contribution < 1.29 is 9.32 Å². The molecule has 2 N–H and O–H groups in total. The minimum absolute atomic E-state index is 0.0774. The minimum atomic E-state index is -0.375. The second kappa shape index (κ2) is 8.30. The Bertz CT molecular complexity index is 911. The van der Waals surface area contributed by atoms with E-state index in [0.717, 1.165) is 31.7 Å². The molecule has 0 aromatic carbocycles. The third kappa shape index (κ3) is 4.25. The molecule has 0 saturated carbocycles. The molecule has 9 heteroatoms. The summed E-state index contributed by atoms with van der Waals surface area (Å²) < 4.78 is 7.31. The molecule has 0 fully saturated rings. The van der Waals surface area contributed by atoms with Crippen molar-refractivity contribution >= 4 is 5.91 Å². The molecule has 0 spiro atoms. The number of carbonyl (C=O) groups excluding carboxylic acids is 1. The van der Waals surface area contributed by atoms with Crippen LogP contribution >= 0.6 is 0 Å². The van der Waals surface area contributed by atoms with Gasteiger partial charge in [0.25, 0.3) is 0 Å². The summed E-state index contributed by atoms with van der Waals surface area (Å²) in [6, 6.07) is 7.18. The number of hydrogen-bond donors (Lipinski definition) is 2. The second-order valence-corrected chi connectivity index (χ2v) is 6.84. The molecule has 0 saturated heterocycles. The van der Waals surface area contributed by atoms with Gasteiger partial charge in [0.1, 0.15) is 11.7 Å². The molecule has 1 atom stereocenters. The summed E-state index contributed by atoms with van der Waals surface area (Å²) in [5.74, 6) is 0.685. The Morgan fingerprint density at radius 1 is 1.43 bits per heavy atom. The highest BCUT2D eigenvalue weighted by molar-refractivity contribution is 5.76. The molecule has 146 valence electrons. The molecule has 28 heavy (non-hydrogen) atoms. The van der Waals surface area contributed by atoms with Gasteiger partial charge < -0.3 is 15.2 Å². The number of nitrogens with one attached hydrogen (secondary N) is 2. The molecule has 0 bridgehead atoms. The maximum Gasteiger partial charge on any atom is 0.249 e. The molecule has 4 rings (SSSR count). The van der Waals surface area contributed by atoms with Gasteiger partial charge in [-0.1, -0.05) is 11.2 Å². The van der Waals surface area contributed by atoms with Gasteiger partial charge in [0.15, 0.2) is 0 Å². The number of carbonyl (C=O) groups is 1. The first-order valence-corrected chi connectivity index (χ1v) is 9.50. The lowest BCUT2D eigenvalue weighted by Crippen LogP contribution is -2.27. The molecular formula is C19H23N7O2. The minimum Gasteiger partial charge on any atom is -0.345 e. The van der Waals surface area contributed by atoms with Crippen molar-refractivity contribution in [2.75, 3.05) is 6.54 Å².